The van der Waals surface area contributed by atoms with Gasteiger partial charge in [0.05, 0.1) is 30.5 Å². The number of aliphatic hydroxyl groups excluding tert-OH is 2. The number of fused-ring (bicyclic) bond motifs is 1. The van der Waals surface area contributed by atoms with Crippen molar-refractivity contribution in [3.05, 3.63) is 42.2 Å². The van der Waals surface area contributed by atoms with Gasteiger partial charge in [0.1, 0.15) is 6.10 Å². The number of ether oxygens (including phenoxy) is 1. The summed E-state index contributed by atoms with van der Waals surface area (Å²) in [5.74, 6) is -0.0861. The highest BCUT2D eigenvalue weighted by Crippen LogP contribution is 2.39. The second-order valence-corrected chi connectivity index (χ2v) is 8.14. The van der Waals surface area contributed by atoms with Crippen molar-refractivity contribution in [3.8, 4) is 0 Å². The van der Waals surface area contributed by atoms with Crippen molar-refractivity contribution in [3.63, 3.8) is 0 Å². The third kappa shape index (κ3) is 4.01. The normalized spacial score (nSPS) is 31.8. The van der Waals surface area contributed by atoms with Gasteiger partial charge in [-0.25, -0.2) is 0 Å². The van der Waals surface area contributed by atoms with Crippen molar-refractivity contribution < 1.29 is 19.7 Å². The Labute approximate surface area is 166 Å². The average Bonchev–Trinajstić information content (AvgIpc) is 2.72. The number of carbonyl (C=O) groups is 1. The van der Waals surface area contributed by atoms with Crippen LogP contribution in [0.2, 0.25) is 0 Å². The predicted molar refractivity (Wildman–Crippen MR) is 106 cm³/mol. The van der Waals surface area contributed by atoms with E-state index in [-0.39, 0.29) is 30.3 Å². The number of β-amino-alcohol motifs (C(OH)–C–C–N with tert-alkyl or cyclic N) is 1. The number of nitrogens with zero attached hydrogens (tertiary/aromatic N) is 2. The van der Waals surface area contributed by atoms with Gasteiger partial charge in [-0.15, -0.1) is 0 Å². The van der Waals surface area contributed by atoms with Gasteiger partial charge in [0.2, 0.25) is 0 Å². The van der Waals surface area contributed by atoms with Crippen molar-refractivity contribution in [1.82, 2.24) is 9.80 Å². The molecule has 152 valence electrons. The molecule has 2 aliphatic heterocycles. The molecule has 0 bridgehead atoms. The number of aliphatic hydroxyl groups is 2. The van der Waals surface area contributed by atoms with Crippen molar-refractivity contribution in [1.29, 1.82) is 0 Å². The number of piperazine rings is 1. The lowest BCUT2D eigenvalue weighted by Gasteiger charge is -2.45. The fraction of sp³-hybridized carbons (Fsp3) is 0.591. The van der Waals surface area contributed by atoms with E-state index in [1.165, 1.54) is 0 Å². The standard InChI is InChI=1S/C22H30N2O4/c25-13-12-23-8-10-24(11-9-23)14-18-20(26)7-6-17-21(27)19(15-28-22(17)18)16-4-2-1-3-5-16/h1-5,15,17-18,20,22,25-26H,6-14H2. The van der Waals surface area contributed by atoms with Gasteiger partial charge in [-0.2, -0.15) is 0 Å². The van der Waals surface area contributed by atoms with Crippen LogP contribution in [0.25, 0.3) is 5.57 Å². The number of ketones is 1. The first-order chi connectivity index (χ1) is 13.7. The molecule has 1 saturated carbocycles. The highest BCUT2D eigenvalue weighted by Gasteiger charge is 2.46. The molecule has 1 saturated heterocycles. The maximum absolute atomic E-state index is 13.1. The number of carbonyl (C=O) groups excluding carboxylic acids is 1. The summed E-state index contributed by atoms with van der Waals surface area (Å²) in [6.45, 7) is 5.34. The Balaban J connectivity index is 1.45. The summed E-state index contributed by atoms with van der Waals surface area (Å²) in [6.07, 6.45) is 2.25. The topological polar surface area (TPSA) is 73.2 Å². The van der Waals surface area contributed by atoms with Gasteiger partial charge in [0.25, 0.3) is 0 Å². The Morgan fingerprint density at radius 1 is 1.04 bits per heavy atom. The smallest absolute Gasteiger partial charge is 0.173 e. The molecule has 4 rings (SSSR count). The molecule has 0 aromatic heterocycles. The highest BCUT2D eigenvalue weighted by molar-refractivity contribution is 6.22. The van der Waals surface area contributed by atoms with Crippen molar-refractivity contribution >= 4 is 11.4 Å². The number of hydrogen-bond acceptors (Lipinski definition) is 6. The predicted octanol–water partition coefficient (Wildman–Crippen LogP) is 0.992. The van der Waals surface area contributed by atoms with Crippen LogP contribution in [-0.4, -0.2) is 83.9 Å². The minimum atomic E-state index is -0.434. The summed E-state index contributed by atoms with van der Waals surface area (Å²) in [7, 11) is 0. The molecule has 6 heteroatoms. The van der Waals surface area contributed by atoms with Crippen molar-refractivity contribution in [2.24, 2.45) is 11.8 Å². The lowest BCUT2D eigenvalue weighted by Crippen LogP contribution is -2.55. The zero-order chi connectivity index (χ0) is 19.5. The summed E-state index contributed by atoms with van der Waals surface area (Å²) in [5, 5.41) is 19.8. The van der Waals surface area contributed by atoms with Gasteiger partial charge in [-0.05, 0) is 18.4 Å². The first-order valence-corrected chi connectivity index (χ1v) is 10.4. The number of allylic oxidation sites excluding steroid dienone is 1. The van der Waals surface area contributed by atoms with Gasteiger partial charge >= 0.3 is 0 Å². The van der Waals surface area contributed by atoms with E-state index in [0.29, 0.717) is 18.4 Å². The van der Waals surface area contributed by atoms with Gasteiger partial charge in [0, 0.05) is 45.2 Å². The van der Waals surface area contributed by atoms with E-state index in [0.717, 1.165) is 44.8 Å². The van der Waals surface area contributed by atoms with Crippen LogP contribution in [0.1, 0.15) is 18.4 Å². The van der Waals surface area contributed by atoms with E-state index in [1.54, 1.807) is 6.26 Å². The highest BCUT2D eigenvalue weighted by atomic mass is 16.5. The third-order valence-electron chi connectivity index (χ3n) is 6.47. The summed E-state index contributed by atoms with van der Waals surface area (Å²) in [5.41, 5.74) is 1.54. The monoisotopic (exact) mass is 386 g/mol. The Kier molecular flexibility index (Phi) is 6.11. The van der Waals surface area contributed by atoms with Gasteiger partial charge < -0.3 is 19.8 Å². The van der Waals surface area contributed by atoms with Crippen LogP contribution >= 0.6 is 0 Å². The number of hydrogen-bond donors (Lipinski definition) is 2. The SMILES string of the molecule is O=C1C(c2ccccc2)=COC2C1CCC(O)C2CN1CCN(CCO)CC1. The molecular weight excluding hydrogens is 356 g/mol. The molecule has 2 heterocycles. The number of benzene rings is 1. The van der Waals surface area contributed by atoms with E-state index in [1.807, 2.05) is 30.3 Å². The quantitative estimate of drug-likeness (QED) is 0.786. The van der Waals surface area contributed by atoms with Crippen LogP contribution < -0.4 is 0 Å². The second kappa shape index (κ2) is 8.74. The summed E-state index contributed by atoms with van der Waals surface area (Å²) in [6, 6.07) is 9.68. The van der Waals surface area contributed by atoms with E-state index in [9.17, 15) is 9.90 Å². The molecule has 1 aromatic carbocycles. The first-order valence-electron chi connectivity index (χ1n) is 10.4. The van der Waals surface area contributed by atoms with E-state index < -0.39 is 6.10 Å². The molecule has 1 aromatic rings. The molecule has 1 aliphatic carbocycles. The summed E-state index contributed by atoms with van der Waals surface area (Å²) < 4.78 is 6.09. The van der Waals surface area contributed by atoms with Crippen LogP contribution in [0.15, 0.2) is 36.6 Å². The van der Waals surface area contributed by atoms with Crippen LogP contribution in [-0.2, 0) is 9.53 Å². The summed E-state index contributed by atoms with van der Waals surface area (Å²) in [4.78, 5) is 17.8. The minimum Gasteiger partial charge on any atom is -0.496 e. The number of rotatable bonds is 5. The van der Waals surface area contributed by atoms with Gasteiger partial charge in [0.15, 0.2) is 5.78 Å². The van der Waals surface area contributed by atoms with Crippen LogP contribution in [0.3, 0.4) is 0 Å². The third-order valence-corrected chi connectivity index (χ3v) is 6.47. The van der Waals surface area contributed by atoms with Crippen molar-refractivity contribution in [2.45, 2.75) is 25.0 Å². The molecular formula is C22H30N2O4. The van der Waals surface area contributed by atoms with Crippen LogP contribution in [0.4, 0.5) is 0 Å². The lowest BCUT2D eigenvalue weighted by atomic mass is 9.72. The maximum Gasteiger partial charge on any atom is 0.173 e. The lowest BCUT2D eigenvalue weighted by molar-refractivity contribution is -0.134. The van der Waals surface area contributed by atoms with Gasteiger partial charge in [-0.1, -0.05) is 30.3 Å². The second-order valence-electron chi connectivity index (χ2n) is 8.14. The van der Waals surface area contributed by atoms with E-state index in [2.05, 4.69) is 9.80 Å². The molecule has 0 amide bonds. The molecule has 2 fully saturated rings. The van der Waals surface area contributed by atoms with Gasteiger partial charge in [-0.3, -0.25) is 9.69 Å². The molecule has 4 atom stereocenters. The molecule has 3 aliphatic rings. The van der Waals surface area contributed by atoms with E-state index >= 15 is 0 Å². The Hall–Kier alpha value is -1.73. The molecule has 2 N–H and O–H groups in total. The number of Topliss-reactive ketones (excluding diaryl/α,β-unsaturated/α-hetero) is 1. The molecule has 6 nitrogen and oxygen atoms in total. The average molecular weight is 386 g/mol. The fourth-order valence-corrected chi connectivity index (χ4v) is 4.82. The minimum absolute atomic E-state index is 0.0549. The molecule has 28 heavy (non-hydrogen) atoms. The zero-order valence-electron chi connectivity index (χ0n) is 16.2. The largest absolute Gasteiger partial charge is 0.496 e. The Morgan fingerprint density at radius 3 is 2.46 bits per heavy atom. The molecule has 0 spiro atoms. The fourth-order valence-electron chi connectivity index (χ4n) is 4.82. The summed E-state index contributed by atoms with van der Waals surface area (Å²) >= 11 is 0. The molecule has 0 radical (unpaired) electrons. The van der Waals surface area contributed by atoms with E-state index in [4.69, 9.17) is 9.84 Å². The van der Waals surface area contributed by atoms with Crippen molar-refractivity contribution in [2.75, 3.05) is 45.9 Å². The maximum atomic E-state index is 13.1. The molecule has 4 unspecified atom stereocenters. The zero-order valence-corrected chi connectivity index (χ0v) is 16.2. The Bertz CT molecular complexity index is 700. The Morgan fingerprint density at radius 2 is 1.75 bits per heavy atom. The van der Waals surface area contributed by atoms with Crippen LogP contribution in [0.5, 0.6) is 0 Å². The first kappa shape index (κ1) is 19.6. The van der Waals surface area contributed by atoms with Crippen LogP contribution in [0, 0.1) is 11.8 Å².